The first kappa shape index (κ1) is 20.4. The van der Waals surface area contributed by atoms with E-state index in [1.54, 1.807) is 0 Å². The molecular formula is C24H32N4. The molecule has 0 amide bonds. The van der Waals surface area contributed by atoms with Crippen molar-refractivity contribution in [3.8, 4) is 0 Å². The Balaban J connectivity index is 1.58. The Morgan fingerprint density at radius 1 is 1.29 bits per heavy atom. The number of benzene rings is 1. The number of hydrogen-bond acceptors (Lipinski definition) is 4. The zero-order chi connectivity index (χ0) is 19.8. The first-order valence-corrected chi connectivity index (χ1v) is 10.3. The predicted molar refractivity (Wildman–Crippen MR) is 119 cm³/mol. The number of nitrogens with zero attached hydrogens (tertiary/aromatic N) is 3. The van der Waals surface area contributed by atoms with Crippen molar-refractivity contribution < 1.29 is 0 Å². The molecule has 0 radical (unpaired) electrons. The fourth-order valence-electron chi connectivity index (χ4n) is 3.90. The highest BCUT2D eigenvalue weighted by Crippen LogP contribution is 2.28. The van der Waals surface area contributed by atoms with E-state index in [1.807, 2.05) is 24.7 Å². The van der Waals surface area contributed by atoms with E-state index < -0.39 is 0 Å². The molecule has 2 aromatic rings. The number of nitrogens with two attached hydrogens (primary N) is 1. The molecule has 2 N–H and O–H groups in total. The van der Waals surface area contributed by atoms with Crippen LogP contribution in [-0.4, -0.2) is 41.9 Å². The van der Waals surface area contributed by atoms with Crippen LogP contribution in [0.15, 0.2) is 59.9 Å². The largest absolute Gasteiger partial charge is 0.330 e. The first-order valence-electron chi connectivity index (χ1n) is 10.3. The molecule has 4 heteroatoms. The Labute approximate surface area is 169 Å². The van der Waals surface area contributed by atoms with Gasteiger partial charge in [-0.15, -0.1) is 0 Å². The summed E-state index contributed by atoms with van der Waals surface area (Å²) in [5.74, 6) is 0.623. The van der Waals surface area contributed by atoms with E-state index in [0.717, 1.165) is 25.1 Å². The molecule has 1 saturated heterocycles. The molecule has 4 nitrogen and oxygen atoms in total. The normalized spacial score (nSPS) is 17.9. The zero-order valence-corrected chi connectivity index (χ0v) is 17.1. The molecule has 0 bridgehead atoms. The molecule has 1 atom stereocenters. The van der Waals surface area contributed by atoms with Gasteiger partial charge in [0.1, 0.15) is 0 Å². The van der Waals surface area contributed by atoms with Crippen molar-refractivity contribution in [1.29, 1.82) is 0 Å². The second-order valence-electron chi connectivity index (χ2n) is 7.49. The summed E-state index contributed by atoms with van der Waals surface area (Å²) < 4.78 is 0. The van der Waals surface area contributed by atoms with Crippen LogP contribution in [-0.2, 0) is 6.42 Å². The summed E-state index contributed by atoms with van der Waals surface area (Å²) in [5, 5.41) is 0. The fraction of sp³-hybridized carbons (Fsp3) is 0.417. The number of hydrogen-bond donors (Lipinski definition) is 1. The van der Waals surface area contributed by atoms with Gasteiger partial charge in [-0.3, -0.25) is 14.9 Å². The van der Waals surface area contributed by atoms with Crippen LogP contribution in [0.5, 0.6) is 0 Å². The van der Waals surface area contributed by atoms with E-state index in [9.17, 15) is 0 Å². The van der Waals surface area contributed by atoms with Crippen LogP contribution in [0.1, 0.15) is 49.3 Å². The highest BCUT2D eigenvalue weighted by atomic mass is 15.2. The lowest BCUT2D eigenvalue weighted by Crippen LogP contribution is -2.38. The van der Waals surface area contributed by atoms with Crippen LogP contribution in [0.2, 0.25) is 0 Å². The summed E-state index contributed by atoms with van der Waals surface area (Å²) in [6.45, 7) is 7.10. The number of allylic oxidation sites excluding steroid dienone is 2. The minimum absolute atomic E-state index is 0.192. The molecule has 0 spiro atoms. The molecule has 148 valence electrons. The topological polar surface area (TPSA) is 54.5 Å². The van der Waals surface area contributed by atoms with Crippen molar-refractivity contribution >= 4 is 11.8 Å². The van der Waals surface area contributed by atoms with Gasteiger partial charge in [0.2, 0.25) is 0 Å². The third-order valence-electron chi connectivity index (χ3n) is 5.65. The quantitative estimate of drug-likeness (QED) is 0.734. The van der Waals surface area contributed by atoms with Crippen molar-refractivity contribution in [3.05, 3.63) is 71.6 Å². The predicted octanol–water partition coefficient (Wildman–Crippen LogP) is 4.28. The van der Waals surface area contributed by atoms with Crippen molar-refractivity contribution in [3.63, 3.8) is 0 Å². The molecule has 3 rings (SSSR count). The third-order valence-corrected chi connectivity index (χ3v) is 5.65. The molecule has 0 aliphatic carbocycles. The van der Waals surface area contributed by atoms with Crippen molar-refractivity contribution in [1.82, 2.24) is 9.88 Å². The Kier molecular flexibility index (Phi) is 7.52. The van der Waals surface area contributed by atoms with Crippen molar-refractivity contribution in [2.45, 2.75) is 45.2 Å². The lowest BCUT2D eigenvalue weighted by atomic mass is 9.90. The van der Waals surface area contributed by atoms with Crippen LogP contribution in [0.3, 0.4) is 0 Å². The average Bonchev–Trinajstić information content (AvgIpc) is 2.75. The SMILES string of the molecule is C/C=C(\C=N/C(C)N1CCC(c2cccnc2)CC1)c1cccc(CCN)c1. The molecular weight excluding hydrogens is 344 g/mol. The zero-order valence-electron chi connectivity index (χ0n) is 17.1. The van der Waals surface area contributed by atoms with E-state index in [2.05, 4.69) is 60.1 Å². The fourth-order valence-corrected chi connectivity index (χ4v) is 3.90. The van der Waals surface area contributed by atoms with Crippen LogP contribution in [0.4, 0.5) is 0 Å². The van der Waals surface area contributed by atoms with E-state index in [4.69, 9.17) is 10.7 Å². The molecule has 2 heterocycles. The Morgan fingerprint density at radius 3 is 2.79 bits per heavy atom. The number of pyridine rings is 1. The molecule has 1 aromatic carbocycles. The minimum Gasteiger partial charge on any atom is -0.330 e. The monoisotopic (exact) mass is 376 g/mol. The summed E-state index contributed by atoms with van der Waals surface area (Å²) in [5.41, 5.74) is 10.7. The standard InChI is InChI=1S/C24H32N4/c1-3-21(23-7-4-6-20(16-23)9-12-25)18-27-19(2)28-14-10-22(11-15-28)24-8-5-13-26-17-24/h3-8,13,16-19,22H,9-12,14-15,25H2,1-2H3/b21-3+,27-18-. The maximum atomic E-state index is 5.70. The first-order chi connectivity index (χ1) is 13.7. The number of likely N-dealkylation sites (tertiary alicyclic amines) is 1. The maximum Gasteiger partial charge on any atom is 0.0990 e. The second-order valence-corrected chi connectivity index (χ2v) is 7.49. The highest BCUT2D eigenvalue weighted by molar-refractivity contribution is 6.09. The molecule has 1 fully saturated rings. The van der Waals surface area contributed by atoms with E-state index in [0.29, 0.717) is 12.5 Å². The minimum atomic E-state index is 0.192. The summed E-state index contributed by atoms with van der Waals surface area (Å²) in [6, 6.07) is 12.8. The van der Waals surface area contributed by atoms with Crippen LogP contribution < -0.4 is 5.73 Å². The summed E-state index contributed by atoms with van der Waals surface area (Å²) in [6.07, 6.45) is 11.5. The molecule has 1 unspecified atom stereocenters. The maximum absolute atomic E-state index is 5.70. The van der Waals surface area contributed by atoms with Crippen molar-refractivity contribution in [2.24, 2.45) is 10.7 Å². The van der Waals surface area contributed by atoms with Gasteiger partial charge in [0.05, 0.1) is 6.17 Å². The van der Waals surface area contributed by atoms with Crippen LogP contribution in [0.25, 0.3) is 5.57 Å². The summed E-state index contributed by atoms with van der Waals surface area (Å²) >= 11 is 0. The lowest BCUT2D eigenvalue weighted by molar-refractivity contribution is 0.166. The van der Waals surface area contributed by atoms with Gasteiger partial charge in [0.25, 0.3) is 0 Å². The van der Waals surface area contributed by atoms with Gasteiger partial charge in [-0.2, -0.15) is 0 Å². The summed E-state index contributed by atoms with van der Waals surface area (Å²) in [7, 11) is 0. The number of rotatable bonds is 7. The number of piperidine rings is 1. The van der Waals surface area contributed by atoms with Gasteiger partial charge in [-0.1, -0.05) is 36.4 Å². The number of aromatic nitrogens is 1. The molecule has 1 aliphatic heterocycles. The summed E-state index contributed by atoms with van der Waals surface area (Å²) in [4.78, 5) is 11.6. The van der Waals surface area contributed by atoms with Gasteiger partial charge in [-0.25, -0.2) is 0 Å². The molecule has 0 saturated carbocycles. The Bertz CT molecular complexity index is 789. The van der Waals surface area contributed by atoms with Gasteiger partial charge < -0.3 is 5.73 Å². The molecule has 1 aliphatic rings. The second kappa shape index (κ2) is 10.3. The molecule has 28 heavy (non-hydrogen) atoms. The Morgan fingerprint density at radius 2 is 2.11 bits per heavy atom. The van der Waals surface area contributed by atoms with Gasteiger partial charge in [-0.05, 0) is 73.9 Å². The molecule has 1 aromatic heterocycles. The van der Waals surface area contributed by atoms with Crippen molar-refractivity contribution in [2.75, 3.05) is 19.6 Å². The van der Waals surface area contributed by atoms with Gasteiger partial charge in [0.15, 0.2) is 0 Å². The van der Waals surface area contributed by atoms with E-state index in [1.165, 1.54) is 29.5 Å². The lowest BCUT2D eigenvalue weighted by Gasteiger charge is -2.34. The van der Waals surface area contributed by atoms with Crippen LogP contribution in [0, 0.1) is 0 Å². The number of aliphatic imine (C=N–C) groups is 1. The highest BCUT2D eigenvalue weighted by Gasteiger charge is 2.23. The van der Waals surface area contributed by atoms with Crippen LogP contribution >= 0.6 is 0 Å². The van der Waals surface area contributed by atoms with E-state index in [-0.39, 0.29) is 6.17 Å². The smallest absolute Gasteiger partial charge is 0.0990 e. The Hall–Kier alpha value is -2.30. The third kappa shape index (κ3) is 5.37. The average molecular weight is 377 g/mol. The van der Waals surface area contributed by atoms with E-state index >= 15 is 0 Å². The van der Waals surface area contributed by atoms with Gasteiger partial charge >= 0.3 is 0 Å². The van der Waals surface area contributed by atoms with Gasteiger partial charge in [0, 0.05) is 31.7 Å².